The van der Waals surface area contributed by atoms with Crippen LogP contribution >= 0.6 is 0 Å². The fourth-order valence-corrected chi connectivity index (χ4v) is 2.40. The fourth-order valence-electron chi connectivity index (χ4n) is 2.40. The van der Waals surface area contributed by atoms with Gasteiger partial charge < -0.3 is 0 Å². The highest BCUT2D eigenvalue weighted by molar-refractivity contribution is 6.17. The summed E-state index contributed by atoms with van der Waals surface area (Å²) in [5.74, 6) is -0.137. The molecule has 0 fully saturated rings. The van der Waals surface area contributed by atoms with Crippen LogP contribution in [0, 0.1) is 10.1 Å². The summed E-state index contributed by atoms with van der Waals surface area (Å²) in [6.07, 6.45) is 0. The van der Waals surface area contributed by atoms with Crippen molar-refractivity contribution in [2.45, 2.75) is 0 Å². The van der Waals surface area contributed by atoms with Crippen LogP contribution in [0.3, 0.4) is 0 Å². The van der Waals surface area contributed by atoms with Gasteiger partial charge in [0.1, 0.15) is 0 Å². The van der Waals surface area contributed by atoms with Crippen LogP contribution in [0.15, 0.2) is 66.7 Å². The predicted molar refractivity (Wildman–Crippen MR) is 80.5 cm³/mol. The van der Waals surface area contributed by atoms with Gasteiger partial charge in [0.15, 0.2) is 5.78 Å². The maximum atomic E-state index is 12.6. The summed E-state index contributed by atoms with van der Waals surface area (Å²) in [6, 6.07) is 18.7. The van der Waals surface area contributed by atoms with E-state index in [1.54, 1.807) is 54.6 Å². The Bertz CT molecular complexity index is 841. The normalized spacial score (nSPS) is 10.5. The first-order valence-electron chi connectivity index (χ1n) is 6.44. The van der Waals surface area contributed by atoms with E-state index in [1.165, 1.54) is 6.07 Å². The lowest BCUT2D eigenvalue weighted by atomic mass is 9.96. The summed E-state index contributed by atoms with van der Waals surface area (Å²) in [5.41, 5.74) is 1.05. The molecule has 4 heteroatoms. The molecule has 0 heterocycles. The van der Waals surface area contributed by atoms with E-state index in [0.29, 0.717) is 21.9 Å². The molecule has 0 aliphatic heterocycles. The lowest BCUT2D eigenvalue weighted by Crippen LogP contribution is -2.02. The highest BCUT2D eigenvalue weighted by Crippen LogP contribution is 2.28. The number of nitro benzene ring substituents is 1. The van der Waals surface area contributed by atoms with Crippen LogP contribution < -0.4 is 0 Å². The molecule has 0 N–H and O–H groups in total. The van der Waals surface area contributed by atoms with E-state index in [1.807, 2.05) is 6.07 Å². The summed E-state index contributed by atoms with van der Waals surface area (Å²) in [6.45, 7) is 0. The second kappa shape index (κ2) is 5.17. The van der Waals surface area contributed by atoms with Crippen molar-refractivity contribution in [3.05, 3.63) is 88.0 Å². The van der Waals surface area contributed by atoms with Crippen molar-refractivity contribution in [1.82, 2.24) is 0 Å². The predicted octanol–water partition coefficient (Wildman–Crippen LogP) is 3.98. The lowest BCUT2D eigenvalue weighted by Gasteiger charge is -2.06. The van der Waals surface area contributed by atoms with Crippen molar-refractivity contribution < 1.29 is 9.72 Å². The Kier molecular flexibility index (Phi) is 3.20. The number of nitrogens with zero attached hydrogens (tertiary/aromatic N) is 1. The van der Waals surface area contributed by atoms with Crippen molar-refractivity contribution in [2.75, 3.05) is 0 Å². The van der Waals surface area contributed by atoms with Gasteiger partial charge in [0.25, 0.3) is 5.69 Å². The average Bonchev–Trinajstić information content (AvgIpc) is 2.53. The van der Waals surface area contributed by atoms with Crippen LogP contribution in [0.4, 0.5) is 5.69 Å². The van der Waals surface area contributed by atoms with Gasteiger partial charge in [0.2, 0.25) is 0 Å². The summed E-state index contributed by atoms with van der Waals surface area (Å²) >= 11 is 0. The average molecular weight is 277 g/mol. The van der Waals surface area contributed by atoms with Crippen LogP contribution in [0.1, 0.15) is 15.9 Å². The number of benzene rings is 3. The quantitative estimate of drug-likeness (QED) is 0.413. The van der Waals surface area contributed by atoms with E-state index in [-0.39, 0.29) is 11.5 Å². The minimum Gasteiger partial charge on any atom is -0.289 e. The Morgan fingerprint density at radius 3 is 2.19 bits per heavy atom. The number of ketones is 1. The topological polar surface area (TPSA) is 60.2 Å². The van der Waals surface area contributed by atoms with Crippen LogP contribution in [-0.2, 0) is 0 Å². The van der Waals surface area contributed by atoms with Crippen LogP contribution in [0.2, 0.25) is 0 Å². The third-order valence-electron chi connectivity index (χ3n) is 3.38. The summed E-state index contributed by atoms with van der Waals surface area (Å²) < 4.78 is 0. The highest BCUT2D eigenvalue weighted by atomic mass is 16.6. The summed E-state index contributed by atoms with van der Waals surface area (Å²) in [5, 5.41) is 12.2. The van der Waals surface area contributed by atoms with Gasteiger partial charge in [-0.25, -0.2) is 0 Å². The molecule has 0 atom stereocenters. The molecule has 3 aromatic rings. The standard InChI is InChI=1S/C17H11NO3/c19-17(12-6-2-1-3-7-12)15-10-4-9-14-13(15)8-5-11-16(14)18(20)21/h1-11H. The number of fused-ring (bicyclic) bond motifs is 1. The molecule has 0 radical (unpaired) electrons. The first-order chi connectivity index (χ1) is 10.2. The summed E-state index contributed by atoms with van der Waals surface area (Å²) in [4.78, 5) is 23.2. The minimum atomic E-state index is -0.431. The zero-order valence-corrected chi connectivity index (χ0v) is 11.0. The van der Waals surface area contributed by atoms with Gasteiger partial charge >= 0.3 is 0 Å². The Hall–Kier alpha value is -3.01. The van der Waals surface area contributed by atoms with Gasteiger partial charge in [-0.3, -0.25) is 14.9 Å². The number of rotatable bonds is 3. The monoisotopic (exact) mass is 277 g/mol. The lowest BCUT2D eigenvalue weighted by molar-refractivity contribution is -0.383. The number of carbonyl (C=O) groups is 1. The van der Waals surface area contributed by atoms with Crippen molar-refractivity contribution in [2.24, 2.45) is 0 Å². The Morgan fingerprint density at radius 1 is 0.810 bits per heavy atom. The maximum absolute atomic E-state index is 12.6. The van der Waals surface area contributed by atoms with Gasteiger partial charge in [-0.2, -0.15) is 0 Å². The number of hydrogen-bond acceptors (Lipinski definition) is 3. The SMILES string of the molecule is O=C(c1ccccc1)c1cccc2c([N+](=O)[O-])cccc12. The van der Waals surface area contributed by atoms with Crippen LogP contribution in [-0.4, -0.2) is 10.7 Å². The molecular formula is C17H11NO3. The number of hydrogen-bond donors (Lipinski definition) is 0. The zero-order valence-electron chi connectivity index (χ0n) is 11.0. The molecule has 0 saturated heterocycles. The smallest absolute Gasteiger partial charge is 0.277 e. The molecule has 21 heavy (non-hydrogen) atoms. The molecular weight excluding hydrogens is 266 g/mol. The van der Waals surface area contributed by atoms with E-state index in [0.717, 1.165) is 0 Å². The van der Waals surface area contributed by atoms with Crippen molar-refractivity contribution in [1.29, 1.82) is 0 Å². The Labute approximate surface area is 120 Å². The van der Waals surface area contributed by atoms with E-state index in [2.05, 4.69) is 0 Å². The molecule has 0 saturated carbocycles. The van der Waals surface area contributed by atoms with Crippen molar-refractivity contribution in [3.63, 3.8) is 0 Å². The van der Waals surface area contributed by atoms with Gasteiger partial charge in [-0.15, -0.1) is 0 Å². The molecule has 3 aromatic carbocycles. The number of non-ortho nitro benzene ring substituents is 1. The van der Waals surface area contributed by atoms with Crippen LogP contribution in [0.25, 0.3) is 10.8 Å². The first-order valence-corrected chi connectivity index (χ1v) is 6.44. The molecule has 3 rings (SSSR count). The number of carbonyl (C=O) groups excluding carboxylic acids is 1. The largest absolute Gasteiger partial charge is 0.289 e. The maximum Gasteiger partial charge on any atom is 0.277 e. The molecule has 0 spiro atoms. The Balaban J connectivity index is 2.23. The van der Waals surface area contributed by atoms with Gasteiger partial charge in [0, 0.05) is 17.2 Å². The van der Waals surface area contributed by atoms with Gasteiger partial charge in [0.05, 0.1) is 10.3 Å². The first kappa shape index (κ1) is 13.0. The summed E-state index contributed by atoms with van der Waals surface area (Å²) in [7, 11) is 0. The molecule has 0 aromatic heterocycles. The second-order valence-electron chi connectivity index (χ2n) is 4.63. The van der Waals surface area contributed by atoms with Gasteiger partial charge in [-0.1, -0.05) is 54.6 Å². The molecule has 0 unspecified atom stereocenters. The van der Waals surface area contributed by atoms with Gasteiger partial charge in [-0.05, 0) is 11.5 Å². The molecule has 0 bridgehead atoms. The molecule has 0 amide bonds. The van der Waals surface area contributed by atoms with E-state index in [4.69, 9.17) is 0 Å². The second-order valence-corrected chi connectivity index (χ2v) is 4.63. The van der Waals surface area contributed by atoms with E-state index >= 15 is 0 Å². The fraction of sp³-hybridized carbons (Fsp3) is 0. The molecule has 102 valence electrons. The number of nitro groups is 1. The van der Waals surface area contributed by atoms with Crippen molar-refractivity contribution >= 4 is 22.2 Å². The van der Waals surface area contributed by atoms with E-state index < -0.39 is 4.92 Å². The van der Waals surface area contributed by atoms with Crippen molar-refractivity contribution in [3.8, 4) is 0 Å². The van der Waals surface area contributed by atoms with Crippen LogP contribution in [0.5, 0.6) is 0 Å². The Morgan fingerprint density at radius 2 is 1.48 bits per heavy atom. The molecule has 4 nitrogen and oxygen atoms in total. The molecule has 0 aliphatic rings. The van der Waals surface area contributed by atoms with E-state index in [9.17, 15) is 14.9 Å². The third-order valence-corrected chi connectivity index (χ3v) is 3.38. The minimum absolute atomic E-state index is 0.00946. The third kappa shape index (κ3) is 2.27. The highest BCUT2D eigenvalue weighted by Gasteiger charge is 2.17. The molecule has 0 aliphatic carbocycles. The zero-order chi connectivity index (χ0) is 14.8.